The Kier molecular flexibility index (Phi) is 10.5. The molecule has 2 saturated heterocycles. The fraction of sp³-hybridized carbons (Fsp3) is 0.875. The molecule has 2 heterocycles. The van der Waals surface area contributed by atoms with Crippen LogP contribution in [0.4, 0.5) is 4.79 Å². The van der Waals surface area contributed by atoms with Gasteiger partial charge in [-0.15, -0.1) is 0 Å². The first-order valence-electron chi connectivity index (χ1n) is 12.0. The molecule has 2 aliphatic rings. The van der Waals surface area contributed by atoms with Crippen molar-refractivity contribution in [2.24, 2.45) is 23.7 Å². The number of rotatable bonds is 6. The lowest BCUT2D eigenvalue weighted by molar-refractivity contribution is -0.132. The molecule has 35 heavy (non-hydrogen) atoms. The van der Waals surface area contributed by atoms with Crippen LogP contribution in [0.5, 0.6) is 0 Å². The van der Waals surface area contributed by atoms with Gasteiger partial charge in [0.2, 0.25) is 0 Å². The summed E-state index contributed by atoms with van der Waals surface area (Å²) in [7, 11) is -6.36. The van der Waals surface area contributed by atoms with Crippen molar-refractivity contribution >= 4 is 37.7 Å². The summed E-state index contributed by atoms with van der Waals surface area (Å²) in [5, 5.41) is 0. The van der Waals surface area contributed by atoms with Gasteiger partial charge in [-0.3, -0.25) is 9.52 Å². The molecule has 0 aromatic rings. The SMILES string of the molecule is C.C=S1(=O)NC(=O)N(C(C)C)C1(C(C)C)C(C)C.CC(C)N1C(C(C)C)(C(C)C)C(=O)NS1(=O)=O. The Labute approximate surface area is 215 Å². The lowest BCUT2D eigenvalue weighted by atomic mass is 9.75. The molecule has 11 heteroatoms. The molecule has 3 amide bonds. The predicted octanol–water partition coefficient (Wildman–Crippen LogP) is 3.82. The van der Waals surface area contributed by atoms with E-state index >= 15 is 0 Å². The van der Waals surface area contributed by atoms with E-state index in [1.165, 1.54) is 4.31 Å². The molecule has 0 bridgehead atoms. The highest BCUT2D eigenvalue weighted by atomic mass is 32.2. The summed E-state index contributed by atoms with van der Waals surface area (Å²) in [6.45, 7) is 23.0. The lowest BCUT2D eigenvalue weighted by Crippen LogP contribution is -2.59. The summed E-state index contributed by atoms with van der Waals surface area (Å²) in [6, 6.07) is -0.504. The van der Waals surface area contributed by atoms with Crippen molar-refractivity contribution < 1.29 is 22.2 Å². The van der Waals surface area contributed by atoms with Gasteiger partial charge in [0, 0.05) is 12.1 Å². The number of hydrogen-bond donors (Lipinski definition) is 2. The molecule has 0 radical (unpaired) electrons. The zero-order chi connectivity index (χ0) is 27.2. The second-order valence-electron chi connectivity index (χ2n) is 11.1. The van der Waals surface area contributed by atoms with Gasteiger partial charge in [-0.25, -0.2) is 13.7 Å². The number of urea groups is 1. The van der Waals surface area contributed by atoms with Gasteiger partial charge < -0.3 is 4.90 Å². The van der Waals surface area contributed by atoms with Crippen molar-refractivity contribution in [3.63, 3.8) is 0 Å². The van der Waals surface area contributed by atoms with Crippen molar-refractivity contribution in [2.75, 3.05) is 0 Å². The fourth-order valence-electron chi connectivity index (χ4n) is 6.16. The summed E-state index contributed by atoms with van der Waals surface area (Å²) in [5.74, 6) is 3.39. The quantitative estimate of drug-likeness (QED) is 0.499. The van der Waals surface area contributed by atoms with Crippen LogP contribution >= 0.6 is 0 Å². The zero-order valence-electron chi connectivity index (χ0n) is 22.9. The van der Waals surface area contributed by atoms with Crippen molar-refractivity contribution in [1.29, 1.82) is 0 Å². The Balaban J connectivity index is 0.000000642. The predicted molar refractivity (Wildman–Crippen MR) is 146 cm³/mol. The van der Waals surface area contributed by atoms with Crippen molar-refractivity contribution in [3.05, 3.63) is 0 Å². The van der Waals surface area contributed by atoms with Gasteiger partial charge in [-0.1, -0.05) is 62.8 Å². The van der Waals surface area contributed by atoms with Gasteiger partial charge in [0.15, 0.2) is 0 Å². The second kappa shape index (κ2) is 11.0. The van der Waals surface area contributed by atoms with Crippen molar-refractivity contribution in [2.45, 2.75) is 113 Å². The number of nitrogens with one attached hydrogen (secondary N) is 2. The third-order valence-electron chi connectivity index (χ3n) is 6.99. The van der Waals surface area contributed by atoms with Crippen LogP contribution in [0.15, 0.2) is 0 Å². The van der Waals surface area contributed by atoms with Crippen LogP contribution in [-0.2, 0) is 24.7 Å². The number of hydrogen-bond acceptors (Lipinski definition) is 5. The van der Waals surface area contributed by atoms with Crippen LogP contribution in [-0.4, -0.2) is 62.1 Å². The average molecular weight is 539 g/mol. The van der Waals surface area contributed by atoms with E-state index in [1.807, 2.05) is 69.2 Å². The first-order chi connectivity index (χ1) is 15.2. The fourth-order valence-corrected chi connectivity index (χ4v) is 10.8. The van der Waals surface area contributed by atoms with Gasteiger partial charge in [-0.05, 0) is 57.2 Å². The largest absolute Gasteiger partial charge is 0.330 e. The standard InChI is InChI=1S/C12H24N2O2S.C11H22N2O3S.CH4/c1-8(2)12(9(3)4)14(10(5)6)11(15)13-17(12,7)16;1-7(2)11(8(3)4)10(14)12-17(15,16)13(11)9(5)6;/h8-10H,7H2,1-6H3,(H,13,15,16);7-9H,1-6H3,(H,12,14);1H4. The highest BCUT2D eigenvalue weighted by molar-refractivity contribution is 8.00. The van der Waals surface area contributed by atoms with E-state index < -0.39 is 36.2 Å². The molecule has 2 N–H and O–H groups in total. The van der Waals surface area contributed by atoms with Gasteiger partial charge in [0.1, 0.15) is 10.4 Å². The highest BCUT2D eigenvalue weighted by Gasteiger charge is 2.61. The van der Waals surface area contributed by atoms with Gasteiger partial charge in [0.05, 0.1) is 9.71 Å². The molecule has 0 aromatic carbocycles. The van der Waals surface area contributed by atoms with Crippen LogP contribution < -0.4 is 9.44 Å². The molecule has 0 aliphatic carbocycles. The first-order valence-corrected chi connectivity index (χ1v) is 15.2. The molecule has 2 aliphatic heterocycles. The lowest BCUT2D eigenvalue weighted by Gasteiger charge is -2.46. The second-order valence-corrected chi connectivity index (χ2v) is 14.8. The van der Waals surface area contributed by atoms with E-state index in [9.17, 15) is 22.2 Å². The number of nitrogens with zero attached hydrogens (tertiary/aromatic N) is 2. The first kappa shape index (κ1) is 33.7. The molecular weight excluding hydrogens is 488 g/mol. The maximum atomic E-state index is 12.8. The zero-order valence-corrected chi connectivity index (χ0v) is 24.6. The molecule has 2 fully saturated rings. The molecular formula is C24H50N4O5S2. The molecule has 2 rings (SSSR count). The molecule has 0 aromatic heterocycles. The maximum absolute atomic E-state index is 12.8. The van der Waals surface area contributed by atoms with E-state index in [4.69, 9.17) is 0 Å². The Morgan fingerprint density at radius 1 is 0.714 bits per heavy atom. The van der Waals surface area contributed by atoms with Gasteiger partial charge in [0.25, 0.3) is 5.91 Å². The average Bonchev–Trinajstić information content (AvgIpc) is 2.97. The smallest absolute Gasteiger partial charge is 0.303 e. The van der Waals surface area contributed by atoms with Crippen LogP contribution in [0.1, 0.15) is 90.5 Å². The third kappa shape index (κ3) is 5.09. The third-order valence-corrected chi connectivity index (χ3v) is 11.4. The molecule has 0 saturated carbocycles. The van der Waals surface area contributed by atoms with E-state index in [0.29, 0.717) is 0 Å². The van der Waals surface area contributed by atoms with Gasteiger partial charge in [-0.2, -0.15) is 12.7 Å². The summed E-state index contributed by atoms with van der Waals surface area (Å²) in [5.41, 5.74) is -0.979. The minimum Gasteiger partial charge on any atom is -0.303 e. The van der Waals surface area contributed by atoms with E-state index in [1.54, 1.807) is 18.7 Å². The summed E-state index contributed by atoms with van der Waals surface area (Å²) in [4.78, 5) is 25.2. The number of carbonyl (C=O) groups is 2. The minimum atomic E-state index is -3.70. The number of amides is 3. The highest BCUT2D eigenvalue weighted by Crippen LogP contribution is 2.43. The van der Waals surface area contributed by atoms with E-state index in [-0.39, 0.29) is 49.2 Å². The number of carbonyl (C=O) groups excluding carboxylic acids is 2. The maximum Gasteiger partial charge on any atom is 0.330 e. The molecule has 0 spiro atoms. The molecule has 1 atom stereocenters. The van der Waals surface area contributed by atoms with Crippen LogP contribution in [0.3, 0.4) is 0 Å². The molecule has 208 valence electrons. The Morgan fingerprint density at radius 3 is 1.34 bits per heavy atom. The monoisotopic (exact) mass is 538 g/mol. The van der Waals surface area contributed by atoms with Crippen LogP contribution in [0, 0.1) is 23.7 Å². The summed E-state index contributed by atoms with van der Waals surface area (Å²) in [6.07, 6.45) is 0. The Hall–Kier alpha value is -1.33. The van der Waals surface area contributed by atoms with Crippen LogP contribution in [0.25, 0.3) is 0 Å². The van der Waals surface area contributed by atoms with Gasteiger partial charge >= 0.3 is 16.2 Å². The van der Waals surface area contributed by atoms with Crippen LogP contribution in [0.2, 0.25) is 0 Å². The summed E-state index contributed by atoms with van der Waals surface area (Å²) >= 11 is 0. The van der Waals surface area contributed by atoms with E-state index in [2.05, 4.69) is 15.3 Å². The van der Waals surface area contributed by atoms with Crippen molar-refractivity contribution in [3.8, 4) is 0 Å². The summed E-state index contributed by atoms with van der Waals surface area (Å²) < 4.78 is 42.9. The molecule has 9 nitrogen and oxygen atoms in total. The van der Waals surface area contributed by atoms with Crippen molar-refractivity contribution in [1.82, 2.24) is 18.6 Å². The Morgan fingerprint density at radius 2 is 1.11 bits per heavy atom. The minimum absolute atomic E-state index is 0. The molecule has 1 unspecified atom stereocenters. The normalized spacial score (nSPS) is 25.3. The topological polar surface area (TPSA) is 116 Å². The van der Waals surface area contributed by atoms with E-state index in [0.717, 1.165) is 0 Å². The Bertz CT molecular complexity index is 967.